The molecule has 0 bridgehead atoms. The van der Waals surface area contributed by atoms with Crippen molar-refractivity contribution in [2.45, 2.75) is 37.3 Å². The van der Waals surface area contributed by atoms with Gasteiger partial charge < -0.3 is 15.5 Å². The summed E-state index contributed by atoms with van der Waals surface area (Å²) in [6.45, 7) is 3.27. The molecule has 0 saturated heterocycles. The highest BCUT2D eigenvalue weighted by Gasteiger charge is 2.31. The number of nitrogens with zero attached hydrogens (tertiary/aromatic N) is 1. The number of rotatable bonds is 10. The Hall–Kier alpha value is -2.56. The monoisotopic (exact) mass is 456 g/mol. The minimum absolute atomic E-state index is 0.0276. The number of aliphatic hydroxyl groups is 1. The van der Waals surface area contributed by atoms with E-state index in [4.69, 9.17) is 5.11 Å². The molecule has 0 heterocycles. The highest BCUT2D eigenvalue weighted by atomic mass is 32.2. The van der Waals surface area contributed by atoms with E-state index < -0.39 is 39.9 Å². The minimum Gasteiger partial charge on any atom is -0.465 e. The number of halogens is 2. The van der Waals surface area contributed by atoms with E-state index in [9.17, 15) is 27.1 Å². The zero-order chi connectivity index (χ0) is 23.2. The summed E-state index contributed by atoms with van der Waals surface area (Å²) in [6, 6.07) is 8.62. The van der Waals surface area contributed by atoms with Crippen LogP contribution >= 0.6 is 0 Å². The molecule has 0 radical (unpaired) electrons. The number of carbonyl (C=O) groups is 1. The van der Waals surface area contributed by atoms with Crippen LogP contribution < -0.4 is 5.32 Å². The Morgan fingerprint density at radius 3 is 2.00 bits per heavy atom. The lowest BCUT2D eigenvalue weighted by molar-refractivity contribution is 0.0980. The van der Waals surface area contributed by atoms with Crippen molar-refractivity contribution in [3.8, 4) is 0 Å². The van der Waals surface area contributed by atoms with Gasteiger partial charge in [0.2, 0.25) is 10.0 Å². The Morgan fingerprint density at radius 1 is 1.00 bits per heavy atom. The Morgan fingerprint density at radius 2 is 1.52 bits per heavy atom. The molecule has 2 aromatic rings. The predicted molar refractivity (Wildman–Crippen MR) is 111 cm³/mol. The van der Waals surface area contributed by atoms with Gasteiger partial charge in [-0.15, -0.1) is 0 Å². The first-order valence-electron chi connectivity index (χ1n) is 9.66. The van der Waals surface area contributed by atoms with E-state index in [1.165, 1.54) is 24.3 Å². The van der Waals surface area contributed by atoms with Crippen LogP contribution in [-0.2, 0) is 16.4 Å². The van der Waals surface area contributed by atoms with Crippen molar-refractivity contribution in [3.63, 3.8) is 0 Å². The number of amides is 1. The molecule has 0 unspecified atom stereocenters. The maximum atomic E-state index is 13.2. The van der Waals surface area contributed by atoms with E-state index in [0.29, 0.717) is 5.56 Å². The lowest BCUT2D eigenvalue weighted by Crippen LogP contribution is -2.50. The second-order valence-electron chi connectivity index (χ2n) is 7.62. The lowest BCUT2D eigenvalue weighted by atomic mass is 10.0. The molecule has 7 nitrogen and oxygen atoms in total. The second kappa shape index (κ2) is 10.7. The standard InChI is InChI=1S/C21H26F2N2O5S/c1-14(2)12-25(31(29,30)18-9-7-17(23)8-10-18)13-20(26)19(24-21(27)28)11-15-3-5-16(22)6-4-15/h3-10,14,19-20,24,26H,11-13H2,1-2H3,(H,27,28)/t19-,20+/m0/s1. The van der Waals surface area contributed by atoms with Crippen molar-refractivity contribution in [3.05, 3.63) is 65.7 Å². The summed E-state index contributed by atoms with van der Waals surface area (Å²) in [5, 5.41) is 22.1. The first kappa shape index (κ1) is 24.7. The van der Waals surface area contributed by atoms with Gasteiger partial charge in [-0.3, -0.25) is 0 Å². The van der Waals surface area contributed by atoms with E-state index in [0.717, 1.165) is 28.6 Å². The second-order valence-corrected chi connectivity index (χ2v) is 9.56. The summed E-state index contributed by atoms with van der Waals surface area (Å²) in [4.78, 5) is 11.1. The number of nitrogens with one attached hydrogen (secondary N) is 1. The third kappa shape index (κ3) is 7.27. The fourth-order valence-corrected chi connectivity index (χ4v) is 4.71. The van der Waals surface area contributed by atoms with E-state index in [-0.39, 0.29) is 30.3 Å². The van der Waals surface area contributed by atoms with Crippen LogP contribution in [0, 0.1) is 17.6 Å². The number of hydrogen-bond acceptors (Lipinski definition) is 4. The number of carboxylic acid groups (broad SMARTS) is 1. The molecule has 170 valence electrons. The molecular weight excluding hydrogens is 430 g/mol. The van der Waals surface area contributed by atoms with E-state index in [2.05, 4.69) is 5.32 Å². The van der Waals surface area contributed by atoms with Crippen molar-refractivity contribution in [1.29, 1.82) is 0 Å². The summed E-state index contributed by atoms with van der Waals surface area (Å²) in [5.41, 5.74) is 0.566. The first-order chi connectivity index (χ1) is 14.5. The Kier molecular flexibility index (Phi) is 8.49. The molecule has 2 aromatic carbocycles. The van der Waals surface area contributed by atoms with Crippen LogP contribution in [-0.4, -0.2) is 54.3 Å². The number of hydrogen-bond donors (Lipinski definition) is 3. The Labute approximate surface area is 180 Å². The molecule has 31 heavy (non-hydrogen) atoms. The molecule has 10 heteroatoms. The zero-order valence-electron chi connectivity index (χ0n) is 17.2. The van der Waals surface area contributed by atoms with Gasteiger partial charge in [0.15, 0.2) is 0 Å². The third-order valence-electron chi connectivity index (χ3n) is 4.55. The molecule has 0 fully saturated rings. The topological polar surface area (TPSA) is 107 Å². The molecular formula is C21H26F2N2O5S. The molecule has 0 aliphatic heterocycles. The highest BCUT2D eigenvalue weighted by molar-refractivity contribution is 7.89. The fraction of sp³-hybridized carbons (Fsp3) is 0.381. The Bertz CT molecular complexity index is 966. The maximum absolute atomic E-state index is 13.2. The van der Waals surface area contributed by atoms with Crippen LogP contribution in [0.15, 0.2) is 53.4 Å². The fourth-order valence-electron chi connectivity index (χ4n) is 3.09. The zero-order valence-corrected chi connectivity index (χ0v) is 18.0. The van der Waals surface area contributed by atoms with Crippen LogP contribution in [0.5, 0.6) is 0 Å². The minimum atomic E-state index is -4.07. The SMILES string of the molecule is CC(C)CN(C[C@@H](O)[C@H](Cc1ccc(F)cc1)NC(=O)O)S(=O)(=O)c1ccc(F)cc1. The quantitative estimate of drug-likeness (QED) is 0.510. The molecule has 0 aromatic heterocycles. The molecule has 0 aliphatic carbocycles. The molecule has 0 aliphatic rings. The average molecular weight is 457 g/mol. The molecule has 1 amide bonds. The third-order valence-corrected chi connectivity index (χ3v) is 6.40. The van der Waals surface area contributed by atoms with Crippen LogP contribution in [0.2, 0.25) is 0 Å². The Balaban J connectivity index is 2.28. The normalized spacial score (nSPS) is 13.9. The van der Waals surface area contributed by atoms with E-state index in [1.807, 2.05) is 0 Å². The van der Waals surface area contributed by atoms with Gasteiger partial charge in [0, 0.05) is 13.1 Å². The summed E-state index contributed by atoms with van der Waals surface area (Å²) < 4.78 is 53.6. The van der Waals surface area contributed by atoms with Crippen LogP contribution in [0.3, 0.4) is 0 Å². The van der Waals surface area contributed by atoms with Crippen LogP contribution in [0.4, 0.5) is 13.6 Å². The van der Waals surface area contributed by atoms with Gasteiger partial charge in [-0.25, -0.2) is 22.0 Å². The van der Waals surface area contributed by atoms with Crippen LogP contribution in [0.25, 0.3) is 0 Å². The summed E-state index contributed by atoms with van der Waals surface area (Å²) in [5.74, 6) is -1.13. The van der Waals surface area contributed by atoms with Gasteiger partial charge >= 0.3 is 6.09 Å². The summed E-state index contributed by atoms with van der Waals surface area (Å²) in [6.07, 6.45) is -2.75. The van der Waals surface area contributed by atoms with E-state index >= 15 is 0 Å². The van der Waals surface area contributed by atoms with Crippen molar-refractivity contribution >= 4 is 16.1 Å². The van der Waals surface area contributed by atoms with Crippen molar-refractivity contribution in [2.75, 3.05) is 13.1 Å². The lowest BCUT2D eigenvalue weighted by Gasteiger charge is -2.30. The summed E-state index contributed by atoms with van der Waals surface area (Å²) >= 11 is 0. The van der Waals surface area contributed by atoms with Gasteiger partial charge in [0.05, 0.1) is 17.0 Å². The van der Waals surface area contributed by atoms with Gasteiger partial charge in [-0.1, -0.05) is 26.0 Å². The number of aliphatic hydroxyl groups excluding tert-OH is 1. The maximum Gasteiger partial charge on any atom is 0.404 e. The number of benzene rings is 2. The van der Waals surface area contributed by atoms with Crippen molar-refractivity contribution in [2.24, 2.45) is 5.92 Å². The van der Waals surface area contributed by atoms with E-state index in [1.54, 1.807) is 13.8 Å². The van der Waals surface area contributed by atoms with Crippen molar-refractivity contribution in [1.82, 2.24) is 9.62 Å². The molecule has 0 spiro atoms. The predicted octanol–water partition coefficient (Wildman–Crippen LogP) is 2.85. The largest absolute Gasteiger partial charge is 0.465 e. The van der Waals surface area contributed by atoms with Gasteiger partial charge in [0.25, 0.3) is 0 Å². The average Bonchev–Trinajstić information content (AvgIpc) is 2.68. The van der Waals surface area contributed by atoms with Crippen molar-refractivity contribution < 1.29 is 32.2 Å². The van der Waals surface area contributed by atoms with Crippen LogP contribution in [0.1, 0.15) is 19.4 Å². The molecule has 2 atom stereocenters. The highest BCUT2D eigenvalue weighted by Crippen LogP contribution is 2.19. The molecule has 3 N–H and O–H groups in total. The van der Waals surface area contributed by atoms with Gasteiger partial charge in [-0.2, -0.15) is 4.31 Å². The first-order valence-corrected chi connectivity index (χ1v) is 11.1. The van der Waals surface area contributed by atoms with Gasteiger partial charge in [-0.05, 0) is 54.3 Å². The number of sulfonamides is 1. The molecule has 0 saturated carbocycles. The summed E-state index contributed by atoms with van der Waals surface area (Å²) in [7, 11) is -4.07. The molecule has 2 rings (SSSR count). The van der Waals surface area contributed by atoms with Gasteiger partial charge in [0.1, 0.15) is 11.6 Å². The smallest absolute Gasteiger partial charge is 0.404 e.